The van der Waals surface area contributed by atoms with Gasteiger partial charge < -0.3 is 10.1 Å². The lowest BCUT2D eigenvalue weighted by Gasteiger charge is -2.33. The first-order valence-corrected chi connectivity index (χ1v) is 9.30. The van der Waals surface area contributed by atoms with Crippen molar-refractivity contribution in [2.75, 3.05) is 33.3 Å². The summed E-state index contributed by atoms with van der Waals surface area (Å²) < 4.78 is 33.0. The molecule has 3 rings (SSSR count). The van der Waals surface area contributed by atoms with Crippen molar-refractivity contribution < 1.29 is 13.2 Å². The van der Waals surface area contributed by atoms with Gasteiger partial charge in [0.25, 0.3) is 0 Å². The average molecular weight is 375 g/mol. The molecule has 1 aromatic rings. The number of sulfonamides is 1. The normalized spacial score (nSPS) is 26.6. The summed E-state index contributed by atoms with van der Waals surface area (Å²) in [6, 6.07) is 4.91. The van der Waals surface area contributed by atoms with E-state index in [1.54, 1.807) is 29.6 Å². The molecule has 2 heterocycles. The standard InChI is InChI=1S/C14H19BrN2O3S/c1-20-14-3-2-12(6-13(14)15)21(18,19)17-5-4-10-7-16-8-11(10)9-17/h2-3,6,10-11,16H,4-5,7-9H2,1H3. The van der Waals surface area contributed by atoms with Gasteiger partial charge in [0.05, 0.1) is 16.5 Å². The monoisotopic (exact) mass is 374 g/mol. The molecule has 0 saturated carbocycles. The zero-order chi connectivity index (χ0) is 15.0. The van der Waals surface area contributed by atoms with E-state index in [2.05, 4.69) is 21.2 Å². The van der Waals surface area contributed by atoms with Crippen LogP contribution in [0.25, 0.3) is 0 Å². The summed E-state index contributed by atoms with van der Waals surface area (Å²) in [7, 11) is -1.87. The second kappa shape index (κ2) is 5.87. The molecule has 116 valence electrons. The van der Waals surface area contributed by atoms with E-state index in [0.29, 0.717) is 40.0 Å². The van der Waals surface area contributed by atoms with Crippen molar-refractivity contribution in [3.8, 4) is 5.75 Å². The summed E-state index contributed by atoms with van der Waals surface area (Å²) in [6.45, 7) is 3.16. The summed E-state index contributed by atoms with van der Waals surface area (Å²) in [4.78, 5) is 0.319. The van der Waals surface area contributed by atoms with Crippen molar-refractivity contribution >= 4 is 26.0 Å². The molecule has 21 heavy (non-hydrogen) atoms. The Kier molecular flexibility index (Phi) is 4.27. The van der Waals surface area contributed by atoms with Crippen molar-refractivity contribution in [2.24, 2.45) is 11.8 Å². The summed E-state index contributed by atoms with van der Waals surface area (Å²) in [5.74, 6) is 1.70. The van der Waals surface area contributed by atoms with Crippen molar-refractivity contribution in [3.63, 3.8) is 0 Å². The Morgan fingerprint density at radius 1 is 1.33 bits per heavy atom. The molecule has 0 aliphatic carbocycles. The van der Waals surface area contributed by atoms with Crippen LogP contribution in [0.2, 0.25) is 0 Å². The molecule has 1 N–H and O–H groups in total. The van der Waals surface area contributed by atoms with E-state index >= 15 is 0 Å². The van der Waals surface area contributed by atoms with Gasteiger partial charge in [0.1, 0.15) is 5.75 Å². The predicted molar refractivity (Wildman–Crippen MR) is 83.9 cm³/mol. The van der Waals surface area contributed by atoms with Crippen LogP contribution >= 0.6 is 15.9 Å². The number of ether oxygens (including phenoxy) is 1. The topological polar surface area (TPSA) is 58.6 Å². The lowest BCUT2D eigenvalue weighted by Crippen LogP contribution is -2.43. The van der Waals surface area contributed by atoms with Crippen LogP contribution in [0.5, 0.6) is 5.75 Å². The van der Waals surface area contributed by atoms with Crippen LogP contribution in [-0.4, -0.2) is 46.0 Å². The summed E-state index contributed by atoms with van der Waals surface area (Å²) >= 11 is 3.35. The molecule has 0 radical (unpaired) electrons. The Morgan fingerprint density at radius 2 is 2.10 bits per heavy atom. The molecular formula is C14H19BrN2O3S. The Balaban J connectivity index is 1.85. The summed E-state index contributed by atoms with van der Waals surface area (Å²) in [5, 5.41) is 3.35. The van der Waals surface area contributed by atoms with E-state index in [1.807, 2.05) is 0 Å². The fourth-order valence-corrected chi connectivity index (χ4v) is 5.41. The first-order chi connectivity index (χ1) is 10.0. The maximum atomic E-state index is 12.8. The Morgan fingerprint density at radius 3 is 2.81 bits per heavy atom. The van der Waals surface area contributed by atoms with Gasteiger partial charge in [-0.2, -0.15) is 4.31 Å². The number of fused-ring (bicyclic) bond motifs is 1. The second-order valence-corrected chi connectivity index (χ2v) is 8.42. The SMILES string of the molecule is COc1ccc(S(=O)(=O)N2CCC3CNCC3C2)cc1Br. The van der Waals surface area contributed by atoms with Gasteiger partial charge in [-0.3, -0.25) is 0 Å². The number of methoxy groups -OCH3 is 1. The van der Waals surface area contributed by atoms with Crippen LogP contribution in [0, 0.1) is 11.8 Å². The van der Waals surface area contributed by atoms with E-state index in [0.717, 1.165) is 19.5 Å². The van der Waals surface area contributed by atoms with Crippen LogP contribution in [0.3, 0.4) is 0 Å². The second-order valence-electron chi connectivity index (χ2n) is 5.63. The molecule has 1 aromatic carbocycles. The lowest BCUT2D eigenvalue weighted by atomic mass is 9.90. The fraction of sp³-hybridized carbons (Fsp3) is 0.571. The van der Waals surface area contributed by atoms with Gasteiger partial charge in [-0.05, 0) is 65.5 Å². The fourth-order valence-electron chi connectivity index (χ4n) is 3.18. The molecule has 2 saturated heterocycles. The van der Waals surface area contributed by atoms with E-state index in [9.17, 15) is 8.42 Å². The van der Waals surface area contributed by atoms with Crippen LogP contribution in [0.15, 0.2) is 27.6 Å². The van der Waals surface area contributed by atoms with E-state index in [1.165, 1.54) is 0 Å². The van der Waals surface area contributed by atoms with Crippen molar-refractivity contribution in [1.82, 2.24) is 9.62 Å². The molecule has 0 spiro atoms. The molecule has 2 atom stereocenters. The predicted octanol–water partition coefficient (Wildman–Crippen LogP) is 1.69. The minimum atomic E-state index is -3.43. The van der Waals surface area contributed by atoms with Gasteiger partial charge in [-0.15, -0.1) is 0 Å². The smallest absolute Gasteiger partial charge is 0.243 e. The molecule has 2 unspecified atom stereocenters. The number of nitrogens with zero attached hydrogens (tertiary/aromatic N) is 1. The molecule has 5 nitrogen and oxygen atoms in total. The lowest BCUT2D eigenvalue weighted by molar-refractivity contribution is 0.228. The molecular weight excluding hydrogens is 356 g/mol. The number of benzene rings is 1. The molecule has 7 heteroatoms. The van der Waals surface area contributed by atoms with Crippen molar-refractivity contribution in [3.05, 3.63) is 22.7 Å². The number of hydrogen-bond donors (Lipinski definition) is 1. The quantitative estimate of drug-likeness (QED) is 0.874. The molecule has 2 aliphatic heterocycles. The minimum Gasteiger partial charge on any atom is -0.496 e. The van der Waals surface area contributed by atoms with Crippen LogP contribution in [-0.2, 0) is 10.0 Å². The zero-order valence-electron chi connectivity index (χ0n) is 11.9. The number of piperidine rings is 1. The van der Waals surface area contributed by atoms with Crippen LogP contribution < -0.4 is 10.1 Å². The average Bonchev–Trinajstić information content (AvgIpc) is 2.94. The zero-order valence-corrected chi connectivity index (χ0v) is 14.3. The third-order valence-electron chi connectivity index (χ3n) is 4.43. The maximum absolute atomic E-state index is 12.8. The van der Waals surface area contributed by atoms with Crippen molar-refractivity contribution in [2.45, 2.75) is 11.3 Å². The highest BCUT2D eigenvalue weighted by atomic mass is 79.9. The van der Waals surface area contributed by atoms with E-state index in [4.69, 9.17) is 4.74 Å². The Bertz CT molecular complexity index is 635. The van der Waals surface area contributed by atoms with Gasteiger partial charge >= 0.3 is 0 Å². The molecule has 0 aromatic heterocycles. The Labute approximate surface area is 133 Å². The summed E-state index contributed by atoms with van der Waals surface area (Å²) in [6.07, 6.45) is 0.939. The van der Waals surface area contributed by atoms with Crippen LogP contribution in [0.4, 0.5) is 0 Å². The van der Waals surface area contributed by atoms with E-state index < -0.39 is 10.0 Å². The minimum absolute atomic E-state index is 0.319. The number of hydrogen-bond acceptors (Lipinski definition) is 4. The highest BCUT2D eigenvalue weighted by Gasteiger charge is 2.37. The largest absolute Gasteiger partial charge is 0.496 e. The van der Waals surface area contributed by atoms with Gasteiger partial charge in [-0.1, -0.05) is 0 Å². The van der Waals surface area contributed by atoms with Gasteiger partial charge in [0.2, 0.25) is 10.0 Å². The van der Waals surface area contributed by atoms with Gasteiger partial charge in [0, 0.05) is 13.1 Å². The van der Waals surface area contributed by atoms with Crippen LogP contribution in [0.1, 0.15) is 6.42 Å². The highest BCUT2D eigenvalue weighted by molar-refractivity contribution is 9.10. The number of rotatable bonds is 3. The maximum Gasteiger partial charge on any atom is 0.243 e. The Hall–Kier alpha value is -0.630. The molecule has 2 fully saturated rings. The van der Waals surface area contributed by atoms with Gasteiger partial charge in [-0.25, -0.2) is 8.42 Å². The number of halogens is 1. The third-order valence-corrected chi connectivity index (χ3v) is 6.91. The first kappa shape index (κ1) is 15.3. The first-order valence-electron chi connectivity index (χ1n) is 7.07. The number of nitrogens with one attached hydrogen (secondary N) is 1. The van der Waals surface area contributed by atoms with Crippen molar-refractivity contribution in [1.29, 1.82) is 0 Å². The molecule has 0 bridgehead atoms. The third kappa shape index (κ3) is 2.84. The highest BCUT2D eigenvalue weighted by Crippen LogP contribution is 2.32. The van der Waals surface area contributed by atoms with E-state index in [-0.39, 0.29) is 0 Å². The molecule has 2 aliphatic rings. The van der Waals surface area contributed by atoms with Gasteiger partial charge in [0.15, 0.2) is 0 Å². The molecule has 0 amide bonds. The summed E-state index contributed by atoms with van der Waals surface area (Å²) in [5.41, 5.74) is 0.